The van der Waals surface area contributed by atoms with Gasteiger partial charge in [0.05, 0.1) is 0 Å². The van der Waals surface area contributed by atoms with Crippen LogP contribution in [0.2, 0.25) is 0 Å². The smallest absolute Gasteiger partial charge is 0.268 e. The summed E-state index contributed by atoms with van der Waals surface area (Å²) in [5, 5.41) is 0. The van der Waals surface area contributed by atoms with Crippen molar-refractivity contribution < 1.29 is 4.79 Å². The maximum Gasteiger partial charge on any atom is 0.340 e. The van der Waals surface area contributed by atoms with E-state index in [4.69, 9.17) is 0 Å². The Morgan fingerprint density at radius 3 is 2.00 bits per heavy atom. The number of aromatic nitrogens is 3. The van der Waals surface area contributed by atoms with Crippen molar-refractivity contribution in [2.24, 2.45) is 0 Å². The maximum absolute atomic E-state index is 11.8. The fraction of sp³-hybridized carbons (Fsp3) is 0. The second kappa shape index (κ2) is 4.05. The molecule has 17 heavy (non-hydrogen) atoms. The third kappa shape index (κ3) is 1.98. The number of carbonyl (C=O) groups is 1. The van der Waals surface area contributed by atoms with Crippen molar-refractivity contribution in [3.8, 4) is 0 Å². The average molecular weight is 233 g/mol. The standard InChI is InChI=1S/C10H7N3O4/c14-7(6-4-2-1-3-5-6)13-9(16)11-8(15)12-10(13)17/h1-5H,(H2,11,12,15,16,17). The van der Waals surface area contributed by atoms with Crippen LogP contribution in [0.3, 0.4) is 0 Å². The number of nitrogens with zero attached hydrogens (tertiary/aromatic N) is 1. The predicted octanol–water partition coefficient (Wildman–Crippen LogP) is -1.09. The highest BCUT2D eigenvalue weighted by atomic mass is 16.2. The number of carbonyl (C=O) groups excluding carboxylic acids is 1. The molecule has 0 aliphatic carbocycles. The number of rotatable bonds is 1. The van der Waals surface area contributed by atoms with Crippen LogP contribution in [0.25, 0.3) is 0 Å². The minimum atomic E-state index is -1.06. The molecule has 0 aliphatic heterocycles. The Morgan fingerprint density at radius 2 is 1.47 bits per heavy atom. The molecule has 0 fully saturated rings. The molecule has 0 radical (unpaired) electrons. The molecule has 0 aliphatic rings. The Kier molecular flexibility index (Phi) is 2.57. The SMILES string of the molecule is O=C(c1ccccc1)n1c(=O)[nH]c(=O)[nH]c1=O. The first kappa shape index (κ1) is 10.8. The van der Waals surface area contributed by atoms with E-state index in [2.05, 4.69) is 0 Å². The predicted molar refractivity (Wildman–Crippen MR) is 58.1 cm³/mol. The molecule has 1 heterocycles. The third-order valence-corrected chi connectivity index (χ3v) is 2.07. The molecule has 1 aromatic heterocycles. The van der Waals surface area contributed by atoms with Crippen molar-refractivity contribution in [3.05, 3.63) is 67.3 Å². The lowest BCUT2D eigenvalue weighted by Crippen LogP contribution is -2.46. The molecule has 7 nitrogen and oxygen atoms in total. The van der Waals surface area contributed by atoms with Crippen molar-refractivity contribution >= 4 is 5.91 Å². The van der Waals surface area contributed by atoms with Crippen LogP contribution in [0.5, 0.6) is 0 Å². The highest BCUT2D eigenvalue weighted by Crippen LogP contribution is 1.98. The van der Waals surface area contributed by atoms with E-state index in [0.717, 1.165) is 0 Å². The zero-order valence-electron chi connectivity index (χ0n) is 8.47. The van der Waals surface area contributed by atoms with Crippen LogP contribution in [0, 0.1) is 0 Å². The minimum Gasteiger partial charge on any atom is -0.268 e. The summed E-state index contributed by atoms with van der Waals surface area (Å²) in [4.78, 5) is 48.9. The summed E-state index contributed by atoms with van der Waals surface area (Å²) in [7, 11) is 0. The average Bonchev–Trinajstić information content (AvgIpc) is 2.28. The molecule has 0 amide bonds. The quantitative estimate of drug-likeness (QED) is 0.653. The number of hydrogen-bond acceptors (Lipinski definition) is 4. The lowest BCUT2D eigenvalue weighted by Gasteiger charge is -2.01. The Morgan fingerprint density at radius 1 is 0.941 bits per heavy atom. The van der Waals surface area contributed by atoms with E-state index in [1.807, 2.05) is 0 Å². The molecule has 86 valence electrons. The van der Waals surface area contributed by atoms with E-state index in [-0.39, 0.29) is 5.56 Å². The van der Waals surface area contributed by atoms with Crippen LogP contribution in [-0.2, 0) is 0 Å². The van der Waals surface area contributed by atoms with E-state index < -0.39 is 23.0 Å². The van der Waals surface area contributed by atoms with Gasteiger partial charge in [-0.05, 0) is 12.1 Å². The van der Waals surface area contributed by atoms with Gasteiger partial charge >= 0.3 is 17.1 Å². The van der Waals surface area contributed by atoms with Crippen molar-refractivity contribution in [1.82, 2.24) is 14.5 Å². The van der Waals surface area contributed by atoms with Gasteiger partial charge in [0.15, 0.2) is 0 Å². The summed E-state index contributed by atoms with van der Waals surface area (Å²) in [6, 6.07) is 7.80. The van der Waals surface area contributed by atoms with Crippen LogP contribution in [0.1, 0.15) is 10.4 Å². The first-order chi connectivity index (χ1) is 8.09. The van der Waals surface area contributed by atoms with E-state index in [0.29, 0.717) is 4.57 Å². The summed E-state index contributed by atoms with van der Waals surface area (Å²) in [6.07, 6.45) is 0. The minimum absolute atomic E-state index is 0.173. The Labute approximate surface area is 93.4 Å². The highest BCUT2D eigenvalue weighted by molar-refractivity contribution is 5.95. The van der Waals surface area contributed by atoms with Crippen molar-refractivity contribution in [2.45, 2.75) is 0 Å². The van der Waals surface area contributed by atoms with Crippen LogP contribution in [-0.4, -0.2) is 20.4 Å². The van der Waals surface area contributed by atoms with E-state index in [9.17, 15) is 19.2 Å². The Bertz CT molecular complexity index is 689. The second-order valence-electron chi connectivity index (χ2n) is 3.20. The summed E-state index contributed by atoms with van der Waals surface area (Å²) < 4.78 is 0.330. The molecule has 0 bridgehead atoms. The fourth-order valence-electron chi connectivity index (χ4n) is 1.32. The van der Waals surface area contributed by atoms with Gasteiger partial charge in [-0.2, -0.15) is 4.57 Å². The zero-order chi connectivity index (χ0) is 12.4. The fourth-order valence-corrected chi connectivity index (χ4v) is 1.32. The molecule has 2 N–H and O–H groups in total. The van der Waals surface area contributed by atoms with Crippen LogP contribution >= 0.6 is 0 Å². The first-order valence-corrected chi connectivity index (χ1v) is 4.65. The van der Waals surface area contributed by atoms with Gasteiger partial charge in [-0.3, -0.25) is 14.8 Å². The topological polar surface area (TPSA) is 105 Å². The first-order valence-electron chi connectivity index (χ1n) is 4.65. The Hall–Kier alpha value is -2.70. The molecule has 2 aromatic rings. The van der Waals surface area contributed by atoms with Crippen molar-refractivity contribution in [1.29, 1.82) is 0 Å². The summed E-state index contributed by atoms with van der Waals surface area (Å²) >= 11 is 0. The molecule has 7 heteroatoms. The Balaban J connectivity index is 2.65. The monoisotopic (exact) mass is 233 g/mol. The van der Waals surface area contributed by atoms with Crippen LogP contribution in [0.4, 0.5) is 0 Å². The largest absolute Gasteiger partial charge is 0.340 e. The molecular weight excluding hydrogens is 226 g/mol. The number of nitrogens with one attached hydrogen (secondary N) is 2. The van der Waals surface area contributed by atoms with Gasteiger partial charge in [0.25, 0.3) is 5.91 Å². The van der Waals surface area contributed by atoms with Crippen molar-refractivity contribution in [2.75, 3.05) is 0 Å². The zero-order valence-corrected chi connectivity index (χ0v) is 8.47. The lowest BCUT2D eigenvalue weighted by molar-refractivity contribution is 0.0948. The molecule has 2 rings (SSSR count). The third-order valence-electron chi connectivity index (χ3n) is 2.07. The van der Waals surface area contributed by atoms with Crippen molar-refractivity contribution in [3.63, 3.8) is 0 Å². The van der Waals surface area contributed by atoms with Gasteiger partial charge in [-0.25, -0.2) is 14.4 Å². The van der Waals surface area contributed by atoms with Gasteiger partial charge in [-0.15, -0.1) is 0 Å². The maximum atomic E-state index is 11.8. The van der Waals surface area contributed by atoms with Gasteiger partial charge in [-0.1, -0.05) is 18.2 Å². The number of hydrogen-bond donors (Lipinski definition) is 2. The van der Waals surface area contributed by atoms with Crippen LogP contribution < -0.4 is 17.1 Å². The van der Waals surface area contributed by atoms with Gasteiger partial charge < -0.3 is 0 Å². The summed E-state index contributed by atoms with van der Waals surface area (Å²) in [5.74, 6) is -0.798. The molecule has 0 saturated heterocycles. The number of benzene rings is 1. The summed E-state index contributed by atoms with van der Waals surface area (Å²) in [6.45, 7) is 0. The normalized spacial score (nSPS) is 10.1. The highest BCUT2D eigenvalue weighted by Gasteiger charge is 2.13. The molecule has 1 aromatic carbocycles. The lowest BCUT2D eigenvalue weighted by atomic mass is 10.2. The number of aromatic amines is 2. The molecule has 0 unspecified atom stereocenters. The van der Waals surface area contributed by atoms with Crippen LogP contribution in [0.15, 0.2) is 44.7 Å². The second-order valence-corrected chi connectivity index (χ2v) is 3.20. The molecule has 0 spiro atoms. The van der Waals surface area contributed by atoms with E-state index in [1.54, 1.807) is 28.2 Å². The van der Waals surface area contributed by atoms with E-state index in [1.165, 1.54) is 12.1 Å². The van der Waals surface area contributed by atoms with Gasteiger partial charge in [0.1, 0.15) is 0 Å². The van der Waals surface area contributed by atoms with Gasteiger partial charge in [0, 0.05) is 5.56 Å². The van der Waals surface area contributed by atoms with E-state index >= 15 is 0 Å². The molecular formula is C10H7N3O4. The molecule has 0 atom stereocenters. The summed E-state index contributed by atoms with van der Waals surface area (Å²) in [5.41, 5.74) is -2.90. The molecule has 0 saturated carbocycles. The number of H-pyrrole nitrogens is 2. The van der Waals surface area contributed by atoms with Gasteiger partial charge in [0.2, 0.25) is 0 Å².